The Balaban J connectivity index is 1.31. The highest BCUT2D eigenvalue weighted by Crippen LogP contribution is 2.43. The number of anilines is 2. The lowest BCUT2D eigenvalue weighted by molar-refractivity contribution is -0.110. The lowest BCUT2D eigenvalue weighted by Crippen LogP contribution is -2.27. The number of carbonyl (C=O) groups excluding carboxylic acids is 1. The van der Waals surface area contributed by atoms with Gasteiger partial charge < -0.3 is 9.80 Å². The average Bonchev–Trinajstić information content (AvgIpc) is 3.28. The predicted molar refractivity (Wildman–Crippen MR) is 166 cm³/mol. The first-order chi connectivity index (χ1) is 19.7. The molecule has 0 fully saturated rings. The van der Waals surface area contributed by atoms with Crippen LogP contribution in [-0.2, 0) is 17.9 Å². The molecule has 1 heterocycles. The van der Waals surface area contributed by atoms with Crippen LogP contribution in [0.5, 0.6) is 0 Å². The van der Waals surface area contributed by atoms with E-state index in [9.17, 15) is 4.79 Å². The van der Waals surface area contributed by atoms with E-state index in [1.54, 1.807) is 12.2 Å². The van der Waals surface area contributed by atoms with Crippen LogP contribution in [-0.4, -0.2) is 5.78 Å². The van der Waals surface area contributed by atoms with E-state index in [1.165, 1.54) is 44.0 Å². The fourth-order valence-corrected chi connectivity index (χ4v) is 5.61. The van der Waals surface area contributed by atoms with Gasteiger partial charge >= 0.3 is 0 Å². The van der Waals surface area contributed by atoms with Crippen molar-refractivity contribution in [2.75, 3.05) is 9.80 Å². The van der Waals surface area contributed by atoms with Crippen LogP contribution >= 0.6 is 0 Å². The number of para-hydroxylation sites is 2. The van der Waals surface area contributed by atoms with Crippen LogP contribution in [0.2, 0.25) is 0 Å². The van der Waals surface area contributed by atoms with E-state index in [0.29, 0.717) is 0 Å². The second kappa shape index (κ2) is 10.2. The number of ketones is 1. The van der Waals surface area contributed by atoms with Gasteiger partial charge in [0.1, 0.15) is 5.82 Å². The first kappa shape index (κ1) is 23.9. The monoisotopic (exact) mass is 516 g/mol. The van der Waals surface area contributed by atoms with Gasteiger partial charge in [0.05, 0.1) is 11.4 Å². The number of hydrogen-bond acceptors (Lipinski definition) is 3. The van der Waals surface area contributed by atoms with Crippen LogP contribution in [0.25, 0.3) is 21.5 Å². The summed E-state index contributed by atoms with van der Waals surface area (Å²) in [6.45, 7) is 1.49. The highest BCUT2D eigenvalue weighted by molar-refractivity contribution is 6.01. The molecule has 7 rings (SSSR count). The summed E-state index contributed by atoms with van der Waals surface area (Å²) in [7, 11) is 0. The highest BCUT2D eigenvalue weighted by atomic mass is 16.1. The van der Waals surface area contributed by atoms with Crippen LogP contribution in [0.1, 0.15) is 11.1 Å². The van der Waals surface area contributed by atoms with Gasteiger partial charge in [0.2, 0.25) is 0 Å². The summed E-state index contributed by atoms with van der Waals surface area (Å²) in [6.07, 6.45) is 11.3. The largest absolute Gasteiger partial charge is 0.321 e. The maximum Gasteiger partial charge on any atom is 0.178 e. The summed E-state index contributed by atoms with van der Waals surface area (Å²) in [5.41, 5.74) is 5.88. The second-order valence-electron chi connectivity index (χ2n) is 10.3. The van der Waals surface area contributed by atoms with Gasteiger partial charge in [0.15, 0.2) is 5.78 Å². The topological polar surface area (TPSA) is 23.6 Å². The zero-order valence-corrected chi connectivity index (χ0v) is 22.1. The van der Waals surface area contributed by atoms with Crippen molar-refractivity contribution in [2.24, 2.45) is 0 Å². The van der Waals surface area contributed by atoms with Gasteiger partial charge in [0.25, 0.3) is 0 Å². The Morgan fingerprint density at radius 1 is 0.500 bits per heavy atom. The van der Waals surface area contributed by atoms with E-state index in [4.69, 9.17) is 0 Å². The quantitative estimate of drug-likeness (QED) is 0.234. The van der Waals surface area contributed by atoms with Crippen LogP contribution in [0.15, 0.2) is 157 Å². The lowest BCUT2D eigenvalue weighted by Gasteiger charge is -2.26. The van der Waals surface area contributed by atoms with Crippen molar-refractivity contribution in [3.63, 3.8) is 0 Å². The maximum atomic E-state index is 11.7. The number of fused-ring (bicyclic) bond motifs is 3. The third kappa shape index (κ3) is 4.63. The Hall–Kier alpha value is -5.15. The number of carbonyl (C=O) groups is 1. The van der Waals surface area contributed by atoms with Gasteiger partial charge in [-0.25, -0.2) is 0 Å². The number of hydrogen-bond donors (Lipinski definition) is 0. The number of benzene rings is 5. The van der Waals surface area contributed by atoms with Crippen molar-refractivity contribution >= 4 is 38.7 Å². The average molecular weight is 517 g/mol. The van der Waals surface area contributed by atoms with Crippen molar-refractivity contribution in [1.29, 1.82) is 0 Å². The fraction of sp³-hybridized carbons (Fsp3) is 0.0541. The van der Waals surface area contributed by atoms with E-state index in [0.717, 1.165) is 24.5 Å². The normalized spacial score (nSPS) is 14.3. The van der Waals surface area contributed by atoms with Crippen LogP contribution in [0.4, 0.5) is 11.4 Å². The molecule has 2 aliphatic rings. The number of rotatable bonds is 5. The van der Waals surface area contributed by atoms with Gasteiger partial charge in [-0.2, -0.15) is 0 Å². The van der Waals surface area contributed by atoms with Gasteiger partial charge in [-0.3, -0.25) is 4.79 Å². The van der Waals surface area contributed by atoms with Crippen LogP contribution in [0, 0.1) is 0 Å². The molecule has 1 aliphatic heterocycles. The van der Waals surface area contributed by atoms with Gasteiger partial charge in [-0.15, -0.1) is 0 Å². The molecule has 0 amide bonds. The SMILES string of the molecule is O=C1C=CC(=CC=C2N(Cc3ccc4ccccc4c3)c3ccccc3N2Cc2ccc3ccccc3c2)C=C1. The molecule has 0 N–H and O–H groups in total. The van der Waals surface area contributed by atoms with Crippen molar-refractivity contribution in [1.82, 2.24) is 0 Å². The molecule has 3 nitrogen and oxygen atoms in total. The Morgan fingerprint density at radius 3 is 1.50 bits per heavy atom. The second-order valence-corrected chi connectivity index (χ2v) is 10.3. The van der Waals surface area contributed by atoms with Gasteiger partial charge in [-0.1, -0.05) is 103 Å². The maximum absolute atomic E-state index is 11.7. The van der Waals surface area contributed by atoms with Gasteiger partial charge in [-0.05, 0) is 80.7 Å². The highest BCUT2D eigenvalue weighted by Gasteiger charge is 2.31. The zero-order valence-electron chi connectivity index (χ0n) is 22.1. The molecule has 0 atom stereocenters. The molecule has 0 saturated heterocycles. The smallest absolute Gasteiger partial charge is 0.178 e. The first-order valence-electron chi connectivity index (χ1n) is 13.6. The Bertz CT molecular complexity index is 1760. The van der Waals surface area contributed by atoms with E-state index >= 15 is 0 Å². The van der Waals surface area contributed by atoms with E-state index in [-0.39, 0.29) is 5.78 Å². The summed E-state index contributed by atoms with van der Waals surface area (Å²) < 4.78 is 0. The van der Waals surface area contributed by atoms with Crippen LogP contribution < -0.4 is 9.80 Å². The number of nitrogens with zero attached hydrogens (tertiary/aromatic N) is 2. The minimum Gasteiger partial charge on any atom is -0.321 e. The number of allylic oxidation sites excluding steroid dienone is 7. The molecule has 1 aliphatic carbocycles. The molecule has 0 radical (unpaired) electrons. The van der Waals surface area contributed by atoms with E-state index < -0.39 is 0 Å². The third-order valence-corrected chi connectivity index (χ3v) is 7.63. The minimum absolute atomic E-state index is 0.0222. The molecular weight excluding hydrogens is 488 g/mol. The van der Waals surface area contributed by atoms with Crippen molar-refractivity contribution in [3.8, 4) is 0 Å². The summed E-state index contributed by atoms with van der Waals surface area (Å²) >= 11 is 0. The third-order valence-electron chi connectivity index (χ3n) is 7.63. The molecule has 0 saturated carbocycles. The minimum atomic E-state index is 0.0222. The van der Waals surface area contributed by atoms with Crippen molar-refractivity contribution in [2.45, 2.75) is 13.1 Å². The molecule has 0 unspecified atom stereocenters. The molecule has 0 aromatic heterocycles. The lowest BCUT2D eigenvalue weighted by atomic mass is 10.1. The molecular formula is C37H28N2O. The predicted octanol–water partition coefficient (Wildman–Crippen LogP) is 8.48. The molecule has 40 heavy (non-hydrogen) atoms. The summed E-state index contributed by atoms with van der Waals surface area (Å²) in [5, 5.41) is 4.99. The van der Waals surface area contributed by atoms with Crippen molar-refractivity contribution in [3.05, 3.63) is 168 Å². The molecule has 5 aromatic carbocycles. The molecule has 5 aromatic rings. The molecule has 0 spiro atoms. The summed E-state index contributed by atoms with van der Waals surface area (Å²) in [4.78, 5) is 16.5. The Morgan fingerprint density at radius 2 is 0.975 bits per heavy atom. The molecule has 192 valence electrons. The Labute approximate surface area is 234 Å². The Kier molecular flexibility index (Phi) is 6.10. The fourth-order valence-electron chi connectivity index (χ4n) is 5.61. The van der Waals surface area contributed by atoms with E-state index in [2.05, 4.69) is 131 Å². The van der Waals surface area contributed by atoms with Crippen molar-refractivity contribution < 1.29 is 4.79 Å². The van der Waals surface area contributed by atoms with Crippen LogP contribution in [0.3, 0.4) is 0 Å². The summed E-state index contributed by atoms with van der Waals surface area (Å²) in [5.74, 6) is 1.13. The standard InChI is InChI=1S/C37H28N2O/c40-34-20-15-27(16-21-34)17-22-37-38(25-28-13-18-30-7-1-3-9-32(30)23-28)35-11-5-6-12-36(35)39(37)26-29-14-19-31-8-2-4-10-33(31)24-29/h1-24H,25-26H2. The first-order valence-corrected chi connectivity index (χ1v) is 13.6. The molecule has 0 bridgehead atoms. The summed E-state index contributed by atoms with van der Waals surface area (Å²) in [6, 6.07) is 39.1. The molecule has 3 heteroatoms. The van der Waals surface area contributed by atoms with Gasteiger partial charge in [0, 0.05) is 13.1 Å². The van der Waals surface area contributed by atoms with E-state index in [1.807, 2.05) is 12.2 Å². The zero-order chi connectivity index (χ0) is 26.9.